The number of piperidine rings is 1. The molecule has 1 aromatic heterocycles. The Morgan fingerprint density at radius 2 is 1.95 bits per heavy atom. The quantitative estimate of drug-likeness (QED) is 0.495. The third-order valence-corrected chi connectivity index (χ3v) is 8.86. The van der Waals surface area contributed by atoms with Crippen molar-refractivity contribution in [3.05, 3.63) is 51.4 Å². The zero-order valence-electron chi connectivity index (χ0n) is 22.5. The first kappa shape index (κ1) is 26.5. The smallest absolute Gasteiger partial charge is 0.350 e. The minimum absolute atomic E-state index is 0.0995. The van der Waals surface area contributed by atoms with Crippen molar-refractivity contribution in [2.24, 2.45) is 5.92 Å². The first-order chi connectivity index (χ1) is 18.7. The summed E-state index contributed by atoms with van der Waals surface area (Å²) in [6.07, 6.45) is 2.92. The van der Waals surface area contributed by atoms with Gasteiger partial charge in [-0.1, -0.05) is 11.6 Å². The van der Waals surface area contributed by atoms with Crippen molar-refractivity contribution >= 4 is 28.3 Å². The molecule has 7 nitrogen and oxygen atoms in total. The van der Waals surface area contributed by atoms with Crippen molar-refractivity contribution in [1.29, 1.82) is 0 Å². The number of rotatable bonds is 4. The van der Waals surface area contributed by atoms with Gasteiger partial charge in [-0.15, -0.1) is 0 Å². The van der Waals surface area contributed by atoms with Crippen molar-refractivity contribution in [1.82, 2.24) is 19.8 Å². The van der Waals surface area contributed by atoms with Gasteiger partial charge < -0.3 is 19.9 Å². The molecular weight excluding hydrogens is 524 g/mol. The van der Waals surface area contributed by atoms with E-state index in [1.165, 1.54) is 12.1 Å². The van der Waals surface area contributed by atoms with Crippen LogP contribution in [0.2, 0.25) is 5.02 Å². The van der Waals surface area contributed by atoms with Crippen molar-refractivity contribution in [3.63, 3.8) is 0 Å². The Balaban J connectivity index is 1.56. The Morgan fingerprint density at radius 1 is 1.18 bits per heavy atom. The van der Waals surface area contributed by atoms with Gasteiger partial charge in [0.1, 0.15) is 24.1 Å². The van der Waals surface area contributed by atoms with E-state index in [9.17, 15) is 9.18 Å². The highest BCUT2D eigenvalue weighted by Gasteiger charge is 2.35. The molecule has 0 bridgehead atoms. The molecule has 3 atom stereocenters. The standard InChI is InChI=1S/C29H34ClF2N5O2/c1-16-14-36(17(2)13-33-16)28-22-12-23(30)25(21-5-4-19(31)11-24(21)32)27-26(22)37(29(38)34-28)20(15-39-27)10-18-6-8-35(3)9-7-18/h4-5,11-12,16-18,20,33H,6-10,13-15H2,1-3H3/t16-,17+,20-/m1/s1. The Labute approximate surface area is 231 Å². The molecule has 39 heavy (non-hydrogen) atoms. The summed E-state index contributed by atoms with van der Waals surface area (Å²) in [5.41, 5.74) is 0.696. The van der Waals surface area contributed by atoms with Crippen LogP contribution in [0.25, 0.3) is 22.0 Å². The molecule has 3 aliphatic rings. The van der Waals surface area contributed by atoms with Crippen LogP contribution in [0.1, 0.15) is 39.2 Å². The summed E-state index contributed by atoms with van der Waals surface area (Å²) in [4.78, 5) is 22.9. The van der Waals surface area contributed by atoms with E-state index in [-0.39, 0.29) is 41.0 Å². The van der Waals surface area contributed by atoms with Crippen molar-refractivity contribution in [3.8, 4) is 16.9 Å². The lowest BCUT2D eigenvalue weighted by atomic mass is 9.89. The van der Waals surface area contributed by atoms with Crippen LogP contribution in [0.15, 0.2) is 29.1 Å². The number of hydrogen-bond acceptors (Lipinski definition) is 6. The van der Waals surface area contributed by atoms with E-state index < -0.39 is 11.6 Å². The SMILES string of the molecule is C[C@@H]1CN(c2nc(=O)n3c4c(c(-c5ccc(F)cc5F)c(Cl)cc24)OC[C@H]3CC2CCN(C)CC2)[C@@H](C)CN1. The molecule has 4 heterocycles. The molecule has 1 N–H and O–H groups in total. The van der Waals surface area contributed by atoms with Crippen LogP contribution >= 0.6 is 11.6 Å². The van der Waals surface area contributed by atoms with E-state index >= 15 is 4.39 Å². The average molecular weight is 558 g/mol. The number of halogens is 3. The van der Waals surface area contributed by atoms with E-state index in [1.807, 2.05) is 0 Å². The number of benzene rings is 2. The lowest BCUT2D eigenvalue weighted by Crippen LogP contribution is -2.55. The fourth-order valence-electron chi connectivity index (χ4n) is 6.39. The van der Waals surface area contributed by atoms with Gasteiger partial charge in [0.25, 0.3) is 0 Å². The molecule has 0 unspecified atom stereocenters. The van der Waals surface area contributed by atoms with Crippen LogP contribution in [-0.2, 0) is 0 Å². The first-order valence-electron chi connectivity index (χ1n) is 13.8. The van der Waals surface area contributed by atoms with Gasteiger partial charge in [-0.25, -0.2) is 13.6 Å². The molecule has 10 heteroatoms. The van der Waals surface area contributed by atoms with Gasteiger partial charge in [0, 0.05) is 47.8 Å². The zero-order chi connectivity index (χ0) is 27.4. The molecular formula is C29H34ClF2N5O2. The molecule has 3 aliphatic heterocycles. The summed E-state index contributed by atoms with van der Waals surface area (Å²) in [5.74, 6) is -0.0409. The summed E-state index contributed by atoms with van der Waals surface area (Å²) in [6, 6.07) is 5.28. The van der Waals surface area contributed by atoms with Crippen LogP contribution in [0.4, 0.5) is 14.6 Å². The molecule has 208 valence electrons. The van der Waals surface area contributed by atoms with E-state index in [0.717, 1.165) is 45.0 Å². The zero-order valence-corrected chi connectivity index (χ0v) is 23.3. The third-order valence-electron chi connectivity index (χ3n) is 8.56. The number of likely N-dealkylation sites (tertiary alicyclic amines) is 1. The molecule has 2 fully saturated rings. The summed E-state index contributed by atoms with van der Waals surface area (Å²) >= 11 is 6.84. The van der Waals surface area contributed by atoms with Crippen molar-refractivity contribution in [2.45, 2.75) is 51.2 Å². The summed E-state index contributed by atoms with van der Waals surface area (Å²) in [5, 5.41) is 4.44. The molecule has 0 aliphatic carbocycles. The summed E-state index contributed by atoms with van der Waals surface area (Å²) < 4.78 is 37.0. The van der Waals surface area contributed by atoms with E-state index in [4.69, 9.17) is 16.3 Å². The summed E-state index contributed by atoms with van der Waals surface area (Å²) in [7, 11) is 2.13. The van der Waals surface area contributed by atoms with Crippen LogP contribution in [-0.4, -0.2) is 66.4 Å². The topological polar surface area (TPSA) is 62.6 Å². The highest BCUT2D eigenvalue weighted by atomic mass is 35.5. The number of hydrogen-bond donors (Lipinski definition) is 1. The number of nitrogens with zero attached hydrogens (tertiary/aromatic N) is 4. The number of ether oxygens (including phenoxy) is 1. The molecule has 0 spiro atoms. The van der Waals surface area contributed by atoms with E-state index in [2.05, 4.69) is 41.0 Å². The number of nitrogens with one attached hydrogen (secondary N) is 1. The maximum atomic E-state index is 15.1. The predicted molar refractivity (Wildman–Crippen MR) is 150 cm³/mol. The van der Waals surface area contributed by atoms with Crippen molar-refractivity contribution < 1.29 is 13.5 Å². The lowest BCUT2D eigenvalue weighted by Gasteiger charge is -2.40. The number of piperazine rings is 1. The predicted octanol–water partition coefficient (Wildman–Crippen LogP) is 4.85. The molecule has 0 amide bonds. The maximum Gasteiger partial charge on any atom is 0.350 e. The highest BCUT2D eigenvalue weighted by molar-refractivity contribution is 6.35. The van der Waals surface area contributed by atoms with Gasteiger partial charge in [-0.05, 0) is 77.4 Å². The third kappa shape index (κ3) is 4.78. The fourth-order valence-corrected chi connectivity index (χ4v) is 6.69. The highest BCUT2D eigenvalue weighted by Crippen LogP contribution is 2.48. The minimum atomic E-state index is -0.739. The van der Waals surface area contributed by atoms with Crippen molar-refractivity contribution in [2.75, 3.05) is 44.7 Å². The second-order valence-electron chi connectivity index (χ2n) is 11.4. The molecule has 3 aromatic rings. The Kier molecular flexibility index (Phi) is 7.02. The van der Waals surface area contributed by atoms with Crippen LogP contribution in [0.3, 0.4) is 0 Å². The van der Waals surface area contributed by atoms with Gasteiger partial charge >= 0.3 is 5.69 Å². The minimum Gasteiger partial charge on any atom is -0.488 e. The molecule has 2 saturated heterocycles. The second-order valence-corrected chi connectivity index (χ2v) is 11.8. The van der Waals surface area contributed by atoms with E-state index in [0.29, 0.717) is 40.5 Å². The van der Waals surface area contributed by atoms with Gasteiger partial charge in [-0.3, -0.25) is 4.57 Å². The lowest BCUT2D eigenvalue weighted by molar-refractivity contribution is 0.162. The van der Waals surface area contributed by atoms with E-state index in [1.54, 1.807) is 10.6 Å². The molecule has 0 saturated carbocycles. The Bertz CT molecular complexity index is 1470. The van der Waals surface area contributed by atoms with Crippen LogP contribution in [0, 0.1) is 17.6 Å². The fraction of sp³-hybridized carbons (Fsp3) is 0.517. The average Bonchev–Trinajstić information content (AvgIpc) is 2.90. The molecule has 2 aromatic carbocycles. The van der Waals surface area contributed by atoms with Gasteiger partial charge in [-0.2, -0.15) is 4.98 Å². The normalized spacial score (nSPS) is 24.3. The Morgan fingerprint density at radius 3 is 2.69 bits per heavy atom. The number of aromatic nitrogens is 2. The van der Waals surface area contributed by atoms with Crippen LogP contribution in [0.5, 0.6) is 5.75 Å². The maximum absolute atomic E-state index is 15.1. The second kappa shape index (κ2) is 10.3. The monoisotopic (exact) mass is 557 g/mol. The van der Waals surface area contributed by atoms with Gasteiger partial charge in [0.2, 0.25) is 0 Å². The first-order valence-corrected chi connectivity index (χ1v) is 14.1. The van der Waals surface area contributed by atoms with Gasteiger partial charge in [0.15, 0.2) is 5.75 Å². The summed E-state index contributed by atoms with van der Waals surface area (Å²) in [6.45, 7) is 7.93. The molecule has 6 rings (SSSR count). The molecule has 0 radical (unpaired) electrons. The van der Waals surface area contributed by atoms with Gasteiger partial charge in [0.05, 0.1) is 16.6 Å². The largest absolute Gasteiger partial charge is 0.488 e. The van der Waals surface area contributed by atoms with Crippen LogP contribution < -0.4 is 20.6 Å². The number of anilines is 1. The Hall–Kier alpha value is -2.75.